The molecule has 1 aliphatic heterocycles. The number of rotatable bonds is 3. The smallest absolute Gasteiger partial charge is 0.265 e. The van der Waals surface area contributed by atoms with Gasteiger partial charge in [-0.25, -0.2) is 0 Å². The van der Waals surface area contributed by atoms with Gasteiger partial charge in [0.25, 0.3) is 11.8 Å². The van der Waals surface area contributed by atoms with Gasteiger partial charge in [-0.1, -0.05) is 6.07 Å². The summed E-state index contributed by atoms with van der Waals surface area (Å²) in [5, 5.41) is 4.68. The molecule has 1 aromatic heterocycles. The molecule has 1 saturated heterocycles. The van der Waals surface area contributed by atoms with E-state index in [9.17, 15) is 9.59 Å². The van der Waals surface area contributed by atoms with Crippen molar-refractivity contribution < 1.29 is 9.59 Å². The fourth-order valence-corrected chi connectivity index (χ4v) is 2.62. The number of thiophene rings is 1. The second-order valence-electron chi connectivity index (χ2n) is 4.65. The molecule has 2 heterocycles. The molecule has 0 radical (unpaired) electrons. The number of hydrogen-bond donors (Lipinski definition) is 1. The van der Waals surface area contributed by atoms with Crippen LogP contribution in [0, 0.1) is 0 Å². The Bertz CT molecular complexity index is 616. The normalized spacial score (nSPS) is 13.7. The minimum Gasteiger partial charge on any atom is -0.339 e. The van der Waals surface area contributed by atoms with Gasteiger partial charge < -0.3 is 10.2 Å². The van der Waals surface area contributed by atoms with Crippen molar-refractivity contribution in [3.8, 4) is 0 Å². The van der Waals surface area contributed by atoms with Crippen LogP contribution in [0.15, 0.2) is 41.8 Å². The summed E-state index contributed by atoms with van der Waals surface area (Å²) in [4.78, 5) is 26.4. The van der Waals surface area contributed by atoms with Gasteiger partial charge in [-0.15, -0.1) is 11.3 Å². The Labute approximate surface area is 121 Å². The largest absolute Gasteiger partial charge is 0.339 e. The third-order valence-corrected chi connectivity index (χ3v) is 4.15. The lowest BCUT2D eigenvalue weighted by atomic mass is 10.1. The molecular weight excluding hydrogens is 272 g/mol. The zero-order chi connectivity index (χ0) is 13.9. The van der Waals surface area contributed by atoms with Gasteiger partial charge >= 0.3 is 0 Å². The molecule has 2 amide bonds. The molecule has 1 fully saturated rings. The standard InChI is InChI=1S/C15H14N2O2S/c18-14(13-3-1-10-20-13)16-12-6-4-11(5-7-12)15(19)17-8-2-9-17/h1,3-7,10H,2,8-9H2,(H,16,18). The van der Waals surface area contributed by atoms with Crippen LogP contribution in [0.5, 0.6) is 0 Å². The van der Waals surface area contributed by atoms with Crippen LogP contribution in [0.25, 0.3) is 0 Å². The van der Waals surface area contributed by atoms with E-state index in [2.05, 4.69) is 5.32 Å². The SMILES string of the molecule is O=C(Nc1ccc(C(=O)N2CCC2)cc1)c1cccs1. The summed E-state index contributed by atoms with van der Waals surface area (Å²) in [7, 11) is 0. The lowest BCUT2D eigenvalue weighted by Gasteiger charge is -2.30. The van der Waals surface area contributed by atoms with Crippen LogP contribution >= 0.6 is 11.3 Å². The van der Waals surface area contributed by atoms with Crippen LogP contribution in [0.3, 0.4) is 0 Å². The van der Waals surface area contributed by atoms with E-state index in [1.807, 2.05) is 16.3 Å². The molecule has 2 aromatic rings. The van der Waals surface area contributed by atoms with E-state index in [4.69, 9.17) is 0 Å². The second-order valence-corrected chi connectivity index (χ2v) is 5.60. The second kappa shape index (κ2) is 5.46. The Kier molecular flexibility index (Phi) is 3.52. The van der Waals surface area contributed by atoms with Crippen LogP contribution in [0.2, 0.25) is 0 Å². The summed E-state index contributed by atoms with van der Waals surface area (Å²) in [6.07, 6.45) is 1.08. The van der Waals surface area contributed by atoms with Crippen molar-refractivity contribution in [3.05, 3.63) is 52.2 Å². The Morgan fingerprint density at radius 3 is 2.40 bits per heavy atom. The van der Waals surface area contributed by atoms with E-state index in [0.29, 0.717) is 16.1 Å². The van der Waals surface area contributed by atoms with Crippen LogP contribution < -0.4 is 5.32 Å². The van der Waals surface area contributed by atoms with Crippen molar-refractivity contribution in [2.24, 2.45) is 0 Å². The molecule has 0 saturated carbocycles. The molecule has 1 aliphatic rings. The molecule has 0 aliphatic carbocycles. The van der Waals surface area contributed by atoms with Gasteiger partial charge in [-0.05, 0) is 42.1 Å². The highest BCUT2D eigenvalue weighted by Gasteiger charge is 2.21. The topological polar surface area (TPSA) is 49.4 Å². The van der Waals surface area contributed by atoms with Crippen molar-refractivity contribution in [3.63, 3.8) is 0 Å². The molecule has 0 spiro atoms. The average Bonchev–Trinajstić information content (AvgIpc) is 2.91. The summed E-state index contributed by atoms with van der Waals surface area (Å²) in [6, 6.07) is 10.7. The van der Waals surface area contributed by atoms with E-state index in [1.165, 1.54) is 11.3 Å². The highest BCUT2D eigenvalue weighted by molar-refractivity contribution is 7.12. The maximum atomic E-state index is 12.0. The van der Waals surface area contributed by atoms with Crippen LogP contribution in [-0.2, 0) is 0 Å². The van der Waals surface area contributed by atoms with Crippen molar-refractivity contribution >= 4 is 28.8 Å². The first-order valence-electron chi connectivity index (χ1n) is 6.48. The van der Waals surface area contributed by atoms with E-state index in [-0.39, 0.29) is 11.8 Å². The Morgan fingerprint density at radius 2 is 1.85 bits per heavy atom. The molecule has 4 nitrogen and oxygen atoms in total. The molecule has 5 heteroatoms. The van der Waals surface area contributed by atoms with Gasteiger partial charge in [-0.2, -0.15) is 0 Å². The summed E-state index contributed by atoms with van der Waals surface area (Å²) in [6.45, 7) is 1.69. The third-order valence-electron chi connectivity index (χ3n) is 3.28. The van der Waals surface area contributed by atoms with E-state index < -0.39 is 0 Å². The summed E-state index contributed by atoms with van der Waals surface area (Å²) < 4.78 is 0. The quantitative estimate of drug-likeness (QED) is 0.943. The molecule has 1 aromatic carbocycles. The maximum Gasteiger partial charge on any atom is 0.265 e. The van der Waals surface area contributed by atoms with Gasteiger partial charge in [0, 0.05) is 24.3 Å². The van der Waals surface area contributed by atoms with Gasteiger partial charge in [0.2, 0.25) is 0 Å². The fraction of sp³-hybridized carbons (Fsp3) is 0.200. The summed E-state index contributed by atoms with van der Waals surface area (Å²) in [5.74, 6) is -0.0609. The van der Waals surface area contributed by atoms with Crippen molar-refractivity contribution in [2.75, 3.05) is 18.4 Å². The monoisotopic (exact) mass is 286 g/mol. The van der Waals surface area contributed by atoms with Crippen molar-refractivity contribution in [2.45, 2.75) is 6.42 Å². The van der Waals surface area contributed by atoms with E-state index in [0.717, 1.165) is 19.5 Å². The van der Waals surface area contributed by atoms with E-state index >= 15 is 0 Å². The zero-order valence-corrected chi connectivity index (χ0v) is 11.7. The third kappa shape index (κ3) is 2.58. The van der Waals surface area contributed by atoms with Gasteiger partial charge in [-0.3, -0.25) is 9.59 Å². The molecule has 0 unspecified atom stereocenters. The minimum atomic E-state index is -0.123. The molecule has 0 atom stereocenters. The highest BCUT2D eigenvalue weighted by Crippen LogP contribution is 2.17. The van der Waals surface area contributed by atoms with Crippen LogP contribution in [0.4, 0.5) is 5.69 Å². The minimum absolute atomic E-state index is 0.0624. The number of carbonyl (C=O) groups is 2. The molecule has 20 heavy (non-hydrogen) atoms. The number of hydrogen-bond acceptors (Lipinski definition) is 3. The lowest BCUT2D eigenvalue weighted by molar-refractivity contribution is 0.0652. The Morgan fingerprint density at radius 1 is 1.10 bits per heavy atom. The van der Waals surface area contributed by atoms with Gasteiger partial charge in [0.05, 0.1) is 4.88 Å². The number of carbonyl (C=O) groups excluding carboxylic acids is 2. The predicted octanol–water partition coefficient (Wildman–Crippen LogP) is 2.85. The molecule has 3 rings (SSSR count). The summed E-state index contributed by atoms with van der Waals surface area (Å²) in [5.41, 5.74) is 1.36. The summed E-state index contributed by atoms with van der Waals surface area (Å²) >= 11 is 1.40. The number of likely N-dealkylation sites (tertiary alicyclic amines) is 1. The average molecular weight is 286 g/mol. The first-order valence-corrected chi connectivity index (χ1v) is 7.36. The van der Waals surface area contributed by atoms with Crippen LogP contribution in [-0.4, -0.2) is 29.8 Å². The zero-order valence-electron chi connectivity index (χ0n) is 10.8. The van der Waals surface area contributed by atoms with Gasteiger partial charge in [0.1, 0.15) is 0 Å². The number of nitrogens with zero attached hydrogens (tertiary/aromatic N) is 1. The van der Waals surface area contributed by atoms with Crippen molar-refractivity contribution in [1.82, 2.24) is 4.90 Å². The van der Waals surface area contributed by atoms with E-state index in [1.54, 1.807) is 30.3 Å². The van der Waals surface area contributed by atoms with Crippen LogP contribution in [0.1, 0.15) is 26.5 Å². The van der Waals surface area contributed by atoms with Gasteiger partial charge in [0.15, 0.2) is 0 Å². The fourth-order valence-electron chi connectivity index (χ4n) is 2.00. The Hall–Kier alpha value is -2.14. The van der Waals surface area contributed by atoms with Crippen molar-refractivity contribution in [1.29, 1.82) is 0 Å². The number of benzene rings is 1. The molecule has 1 N–H and O–H groups in total. The number of anilines is 1. The molecule has 0 bridgehead atoms. The predicted molar refractivity (Wildman–Crippen MR) is 79.2 cm³/mol. The lowest BCUT2D eigenvalue weighted by Crippen LogP contribution is -2.41. The first-order chi connectivity index (χ1) is 9.74. The maximum absolute atomic E-state index is 12.0. The highest BCUT2D eigenvalue weighted by atomic mass is 32.1. The number of amides is 2. The molecular formula is C15H14N2O2S. The Balaban J connectivity index is 1.67. The molecule has 102 valence electrons. The number of nitrogens with one attached hydrogen (secondary N) is 1. The first kappa shape index (κ1) is 12.9.